The number of carbonyl (C=O) groups is 16. The quantitative estimate of drug-likeness (QED) is 0.0277. The van der Waals surface area contributed by atoms with E-state index in [0.717, 1.165) is 0 Å². The zero-order valence-electron chi connectivity index (χ0n) is 65.5. The number of β-lactam (4-membered cyclic amide) rings is 3. The summed E-state index contributed by atoms with van der Waals surface area (Å²) < 4.78 is 14.2. The van der Waals surface area contributed by atoms with Gasteiger partial charge in [-0.15, -0.1) is 35.3 Å². The minimum Gasteiger partial charge on any atom is -0.484 e. The third kappa shape index (κ3) is 23.8. The van der Waals surface area contributed by atoms with E-state index in [4.69, 9.17) is 37.1 Å². The maximum atomic E-state index is 13.6. The fourth-order valence-corrected chi connectivity index (χ4v) is 18.4. The SMILES string of the molecule is CC1(C)S[C@@H]2[C@H](NC(=O)COc3ccccc3)C(=O)N2[C@H]1C(=O)O.CC1(C)S[C@@H]2[C@H](NC(=O)COc3ccccc3)C(=O)N2[C@H]1C(=O)O.CC1(C)S[C@@H]2[C@H](NC(=O)COc3ccccc3)C(=O)N2[C@H]1C(=O)O.NCCC[C@H](N)CC(=O)N[C@H]1CNC(=O)[C@H]([C@H]2C[C@H](O)NC(N)=N2)NC(=O)/C(=C/NC(N)=O)NC(=O)[C@H](CO)NC(=O)[C@H](CO)NC1=O. The number of aliphatic carboxylic acids is 3. The van der Waals surface area contributed by atoms with E-state index in [0.29, 0.717) is 42.8 Å². The lowest BCUT2D eigenvalue weighted by Crippen LogP contribution is -2.70. The van der Waals surface area contributed by atoms with E-state index in [2.05, 4.69) is 58.2 Å². The molecule has 7 fully saturated rings. The van der Waals surface area contributed by atoms with Crippen molar-refractivity contribution in [2.45, 2.75) is 176 Å². The molecule has 8 heterocycles. The van der Waals surface area contributed by atoms with Gasteiger partial charge in [-0.2, -0.15) is 0 Å². The molecule has 7 saturated heterocycles. The Labute approximate surface area is 698 Å². The van der Waals surface area contributed by atoms with Crippen LogP contribution < -0.4 is 95.6 Å². The van der Waals surface area contributed by atoms with Gasteiger partial charge in [-0.05, 0) is 97.3 Å². The second-order valence-electron chi connectivity index (χ2n) is 29.5. The maximum absolute atomic E-state index is 13.6. The summed E-state index contributed by atoms with van der Waals surface area (Å²) in [4.78, 5) is 205. The number of para-hydroxylation sites is 3. The Hall–Kier alpha value is -11.8. The van der Waals surface area contributed by atoms with Gasteiger partial charge in [0.25, 0.3) is 23.6 Å². The van der Waals surface area contributed by atoms with Gasteiger partial charge < -0.3 is 141 Å². The summed E-state index contributed by atoms with van der Waals surface area (Å²) in [5, 5.41) is 82.6. The first kappa shape index (κ1) is 93.7. The van der Waals surface area contributed by atoms with Crippen LogP contribution >= 0.6 is 35.3 Å². The number of nitrogens with two attached hydrogens (primary N) is 4. The van der Waals surface area contributed by atoms with Gasteiger partial charge in [0.15, 0.2) is 25.8 Å². The van der Waals surface area contributed by atoms with Crippen LogP contribution in [-0.4, -0.2) is 301 Å². The molecule has 0 spiro atoms. The Morgan fingerprint density at radius 3 is 1.32 bits per heavy atom. The zero-order chi connectivity index (χ0) is 88.4. The molecule has 0 radical (unpaired) electrons. The molecule has 0 unspecified atom stereocenters. The summed E-state index contributed by atoms with van der Waals surface area (Å²) in [5.74, 6) is -10.4. The van der Waals surface area contributed by atoms with E-state index in [1.807, 2.05) is 23.5 Å². The summed E-state index contributed by atoms with van der Waals surface area (Å²) in [7, 11) is 0. The average Bonchev–Trinajstić information content (AvgIpc) is 1.57. The fourth-order valence-electron chi connectivity index (χ4n) is 13.5. The molecular formula is C73H97N19O25S3. The fraction of sp³-hybridized carbons (Fsp3) is 0.493. The summed E-state index contributed by atoms with van der Waals surface area (Å²) in [6.07, 6.45) is -0.253. The van der Waals surface area contributed by atoms with Crippen molar-refractivity contribution < 1.29 is 122 Å². The normalized spacial score (nSPS) is 27.3. The van der Waals surface area contributed by atoms with Crippen molar-refractivity contribution in [1.82, 2.24) is 73.2 Å². The molecule has 0 aromatic heterocycles. The Morgan fingerprint density at radius 2 is 0.958 bits per heavy atom. The number of hydrogen-bond acceptors (Lipinski definition) is 30. The Morgan fingerprint density at radius 1 is 0.567 bits per heavy atom. The van der Waals surface area contributed by atoms with Crippen molar-refractivity contribution in [2.75, 3.05) is 46.1 Å². The molecule has 44 nitrogen and oxygen atoms in total. The van der Waals surface area contributed by atoms with Crippen LogP contribution in [0, 0.1) is 0 Å². The predicted molar refractivity (Wildman–Crippen MR) is 427 cm³/mol. The monoisotopic (exact) mass is 1740 g/mol. The number of thioether (sulfide) groups is 3. The topological polar surface area (TPSA) is 681 Å². The van der Waals surface area contributed by atoms with Gasteiger partial charge >= 0.3 is 23.9 Å². The van der Waals surface area contributed by atoms with E-state index < -0.39 is 196 Å². The van der Waals surface area contributed by atoms with E-state index in [1.54, 1.807) is 114 Å². The smallest absolute Gasteiger partial charge is 0.327 e. The average molecular weight is 1740 g/mol. The minimum atomic E-state index is -1.78. The number of aliphatic imine (C=N–C) groups is 1. The van der Waals surface area contributed by atoms with Crippen molar-refractivity contribution in [3.8, 4) is 17.2 Å². The largest absolute Gasteiger partial charge is 0.484 e. The first-order valence-corrected chi connectivity index (χ1v) is 39.9. The molecule has 3 aromatic rings. The van der Waals surface area contributed by atoms with Gasteiger partial charge in [0, 0.05) is 45.9 Å². The molecule has 0 saturated carbocycles. The predicted octanol–water partition coefficient (Wildman–Crippen LogP) is -6.79. The number of nitrogens with one attached hydrogen (secondary N) is 11. The number of carbonyl (C=O) groups excluding carboxylic acids is 13. The summed E-state index contributed by atoms with van der Waals surface area (Å²) in [6, 6.07) is 12.1. The third-order valence-corrected chi connectivity index (χ3v) is 23.9. The highest BCUT2D eigenvalue weighted by molar-refractivity contribution is 8.02. The van der Waals surface area contributed by atoms with Crippen molar-refractivity contribution in [3.63, 3.8) is 0 Å². The first-order chi connectivity index (χ1) is 56.6. The van der Waals surface area contributed by atoms with Gasteiger partial charge in [-0.1, -0.05) is 54.6 Å². The second-order valence-corrected chi connectivity index (χ2v) is 34.8. The lowest BCUT2D eigenvalue weighted by molar-refractivity contribution is -0.161. The highest BCUT2D eigenvalue weighted by Gasteiger charge is 2.67. The molecule has 16 atom stereocenters. The number of carboxylic acid groups (broad SMARTS) is 3. The van der Waals surface area contributed by atoms with E-state index in [9.17, 15) is 107 Å². The summed E-state index contributed by atoms with van der Waals surface area (Å²) >= 11 is 4.17. The number of nitrogens with zero attached hydrogens (tertiary/aromatic N) is 4. The number of ether oxygens (including phenoxy) is 3. The lowest BCUT2D eigenvalue weighted by atomic mass is 9.96. The Bertz CT molecular complexity index is 4110. The molecule has 25 N–H and O–H groups in total. The summed E-state index contributed by atoms with van der Waals surface area (Å²) in [5.41, 5.74) is 21.5. The van der Waals surface area contributed by atoms with Crippen LogP contribution in [0.2, 0.25) is 0 Å². The van der Waals surface area contributed by atoms with Crippen LogP contribution in [0.5, 0.6) is 17.2 Å². The number of hydrogen-bond donors (Lipinski definition) is 21. The third-order valence-electron chi connectivity index (χ3n) is 19.2. The zero-order valence-corrected chi connectivity index (χ0v) is 68.0. The van der Waals surface area contributed by atoms with Gasteiger partial charge in [0.05, 0.1) is 19.3 Å². The number of aliphatic hydroxyl groups excluding tert-OH is 3. The molecule has 14 amide bonds. The number of guanidine groups is 1. The molecule has 8 aliphatic heterocycles. The van der Waals surface area contributed by atoms with E-state index in [1.165, 1.54) is 50.0 Å². The van der Waals surface area contributed by atoms with Gasteiger partial charge in [0.1, 0.15) is 106 Å². The number of aliphatic hydroxyl groups is 3. The number of amides is 14. The highest BCUT2D eigenvalue weighted by Crippen LogP contribution is 2.53. The lowest BCUT2D eigenvalue weighted by Gasteiger charge is -2.43. The van der Waals surface area contributed by atoms with E-state index in [-0.39, 0.29) is 72.5 Å². The molecule has 0 aliphatic carbocycles. The van der Waals surface area contributed by atoms with Crippen molar-refractivity contribution in [3.05, 3.63) is 103 Å². The molecule has 8 aliphatic rings. The molecule has 3 aromatic carbocycles. The number of fused-ring (bicyclic) bond motifs is 3. The van der Waals surface area contributed by atoms with Crippen molar-refractivity contribution in [1.29, 1.82) is 0 Å². The Balaban J connectivity index is 0.000000211. The minimum absolute atomic E-state index is 0.197. The second kappa shape index (κ2) is 41.3. The molecule has 47 heteroatoms. The van der Waals surface area contributed by atoms with Crippen LogP contribution in [-0.2, 0) is 71.9 Å². The maximum Gasteiger partial charge on any atom is 0.327 e. The first-order valence-electron chi connectivity index (χ1n) is 37.2. The molecule has 11 rings (SSSR count). The van der Waals surface area contributed by atoms with Crippen molar-refractivity contribution >= 4 is 136 Å². The standard InChI is InChI=1S/C25H43N13O10.3C16H18N2O5S/c26-3-1-2-10(27)4-16(41)32-12-6-30-23(47)18(11-5-17(42)37-24(28)36-11)38-20(44)13(7-31-25(29)48)33-21(45)14(8-39)35-22(46)15(9-40)34-19(12)43;3*1-16(2)12(15(21)22)18-13(20)11(14(18)24-16)17-10(19)8-23-9-6-4-3-5-7-9/h7,10-12,14-15,17-18,39-40,42H,1-6,8-9,26-27H2,(H,30,47)(H,32,41)(H,33,45)(H,34,43)(H,35,46)(H,38,44)(H3,28,36,37)(H3,29,31,48);3*3-7,11-12,14H,8H2,1-2H3,(H,17,19)(H,21,22)/b13-7-;;;/t10-,11+,12-,14-,15-,17-,18-;3*11-,12+,14-/m0111/s1. The molecule has 652 valence electrons. The number of carboxylic acids is 3. The van der Waals surface area contributed by atoms with E-state index >= 15 is 0 Å². The number of primary amides is 1. The van der Waals surface area contributed by atoms with Crippen LogP contribution in [0.3, 0.4) is 0 Å². The van der Waals surface area contributed by atoms with Gasteiger partial charge in [0.2, 0.25) is 47.3 Å². The number of rotatable bonds is 25. The van der Waals surface area contributed by atoms with Crippen LogP contribution in [0.1, 0.15) is 67.2 Å². The number of urea groups is 1. The van der Waals surface area contributed by atoms with Crippen LogP contribution in [0.15, 0.2) is 108 Å². The van der Waals surface area contributed by atoms with Crippen LogP contribution in [0.4, 0.5) is 4.79 Å². The van der Waals surface area contributed by atoms with Crippen LogP contribution in [0.25, 0.3) is 0 Å². The van der Waals surface area contributed by atoms with Gasteiger partial charge in [-0.3, -0.25) is 57.5 Å². The molecule has 0 bridgehead atoms. The highest BCUT2D eigenvalue weighted by atomic mass is 32.2. The van der Waals surface area contributed by atoms with Gasteiger partial charge in [-0.25, -0.2) is 24.2 Å². The number of benzene rings is 3. The molecular weight excluding hydrogens is 1640 g/mol. The van der Waals surface area contributed by atoms with Crippen molar-refractivity contribution in [2.24, 2.45) is 27.9 Å². The summed E-state index contributed by atoms with van der Waals surface area (Å²) in [6.45, 7) is 7.79. The Kier molecular flexibility index (Phi) is 32.2. The molecule has 120 heavy (non-hydrogen) atoms.